The minimum Gasteiger partial charge on any atom is -0.335 e. The van der Waals surface area contributed by atoms with Gasteiger partial charge in [0.2, 0.25) is 11.1 Å². The number of hydrogen-bond acceptors (Lipinski definition) is 5. The first-order chi connectivity index (χ1) is 10.7. The Morgan fingerprint density at radius 1 is 1.30 bits per heavy atom. The molecule has 0 saturated heterocycles. The molecule has 0 aliphatic heterocycles. The highest BCUT2D eigenvalue weighted by Crippen LogP contribution is 2.28. The summed E-state index contributed by atoms with van der Waals surface area (Å²) in [6.07, 6.45) is -4.78. The highest BCUT2D eigenvalue weighted by Gasteiger charge is 2.38. The van der Waals surface area contributed by atoms with Crippen LogP contribution >= 0.6 is 11.8 Å². The lowest BCUT2D eigenvalue weighted by Gasteiger charge is -2.07. The molecular formula is C11H8F5N5OS. The van der Waals surface area contributed by atoms with E-state index in [0.29, 0.717) is 11.8 Å². The first-order valence-electron chi connectivity index (χ1n) is 5.84. The van der Waals surface area contributed by atoms with E-state index < -0.39 is 35.3 Å². The summed E-state index contributed by atoms with van der Waals surface area (Å²) < 4.78 is 63.9. The van der Waals surface area contributed by atoms with Crippen LogP contribution < -0.4 is 11.2 Å². The normalized spacial score (nSPS) is 11.5. The molecule has 2 aromatic rings. The van der Waals surface area contributed by atoms with E-state index in [1.165, 1.54) is 0 Å². The average molecular weight is 353 g/mol. The van der Waals surface area contributed by atoms with Crippen LogP contribution in [0.1, 0.15) is 5.82 Å². The lowest BCUT2D eigenvalue weighted by molar-refractivity contribution is -0.146. The fourth-order valence-corrected chi connectivity index (χ4v) is 2.13. The summed E-state index contributed by atoms with van der Waals surface area (Å²) in [6, 6.07) is 2.46. The van der Waals surface area contributed by atoms with Crippen LogP contribution in [0.15, 0.2) is 23.4 Å². The van der Waals surface area contributed by atoms with E-state index in [2.05, 4.69) is 15.5 Å². The smallest absolute Gasteiger partial charge is 0.335 e. The second kappa shape index (κ2) is 6.40. The third-order valence-corrected chi connectivity index (χ3v) is 3.40. The number of nitrogens with zero attached hydrogens (tertiary/aromatic N) is 3. The number of alkyl halides is 3. The van der Waals surface area contributed by atoms with Gasteiger partial charge in [0.1, 0.15) is 11.6 Å². The number of hydrogen-bond donors (Lipinski definition) is 2. The summed E-state index contributed by atoms with van der Waals surface area (Å²) in [6.45, 7) is 0. The number of nitrogens with one attached hydrogen (secondary N) is 1. The van der Waals surface area contributed by atoms with Crippen LogP contribution in [0.25, 0.3) is 0 Å². The van der Waals surface area contributed by atoms with E-state index in [-0.39, 0.29) is 15.5 Å². The van der Waals surface area contributed by atoms with Gasteiger partial charge in [-0.25, -0.2) is 13.5 Å². The maximum atomic E-state index is 13.3. The van der Waals surface area contributed by atoms with Crippen LogP contribution in [-0.4, -0.2) is 26.5 Å². The molecule has 2 rings (SSSR count). The lowest BCUT2D eigenvalue weighted by atomic mass is 10.3. The first-order valence-corrected chi connectivity index (χ1v) is 6.82. The minimum absolute atomic E-state index is 0.195. The highest BCUT2D eigenvalue weighted by atomic mass is 32.2. The number of halogens is 5. The van der Waals surface area contributed by atoms with E-state index in [1.807, 2.05) is 0 Å². The van der Waals surface area contributed by atoms with Gasteiger partial charge in [-0.2, -0.15) is 13.2 Å². The molecule has 124 valence electrons. The topological polar surface area (TPSA) is 85.8 Å². The molecule has 0 bridgehead atoms. The Kier molecular flexibility index (Phi) is 4.73. The fraction of sp³-hybridized carbons (Fsp3) is 0.182. The summed E-state index contributed by atoms with van der Waals surface area (Å²) in [4.78, 5) is 11.6. The number of thioether (sulfide) groups is 1. The molecule has 0 fully saturated rings. The molecule has 1 amide bonds. The van der Waals surface area contributed by atoms with Gasteiger partial charge < -0.3 is 11.2 Å². The fourth-order valence-electron chi connectivity index (χ4n) is 1.48. The van der Waals surface area contributed by atoms with Crippen LogP contribution in [-0.2, 0) is 11.0 Å². The quantitative estimate of drug-likeness (QED) is 0.499. The average Bonchev–Trinajstić information content (AvgIpc) is 2.82. The van der Waals surface area contributed by atoms with Crippen LogP contribution in [0, 0.1) is 11.6 Å². The third kappa shape index (κ3) is 4.09. The molecule has 0 unspecified atom stereocenters. The summed E-state index contributed by atoms with van der Waals surface area (Å²) in [5.74, 6) is 0.939. The van der Waals surface area contributed by atoms with Crippen molar-refractivity contribution in [2.45, 2.75) is 11.3 Å². The Labute approximate surface area is 129 Å². The highest BCUT2D eigenvalue weighted by molar-refractivity contribution is 7.99. The lowest BCUT2D eigenvalue weighted by Crippen LogP contribution is -2.22. The summed E-state index contributed by atoms with van der Waals surface area (Å²) >= 11 is 0.558. The Hall–Kier alpha value is -2.37. The Bertz CT molecular complexity index is 732. The number of anilines is 1. The number of aromatic nitrogens is 3. The van der Waals surface area contributed by atoms with Crippen LogP contribution in [0.4, 0.5) is 27.6 Å². The largest absolute Gasteiger partial charge is 0.453 e. The molecule has 1 aromatic heterocycles. The molecule has 1 heterocycles. The maximum absolute atomic E-state index is 13.3. The zero-order chi connectivity index (χ0) is 17.2. The van der Waals surface area contributed by atoms with Gasteiger partial charge in [-0.1, -0.05) is 11.8 Å². The SMILES string of the molecule is Nn1c(SCC(=O)Nc2cc(F)ccc2F)nnc1C(F)(F)F. The van der Waals surface area contributed by atoms with Crippen LogP contribution in [0.2, 0.25) is 0 Å². The van der Waals surface area contributed by atoms with Crippen molar-refractivity contribution in [1.82, 2.24) is 14.9 Å². The zero-order valence-electron chi connectivity index (χ0n) is 11.1. The molecule has 12 heteroatoms. The van der Waals surface area contributed by atoms with Gasteiger partial charge in [0.15, 0.2) is 0 Å². The molecule has 0 spiro atoms. The van der Waals surface area contributed by atoms with E-state index in [4.69, 9.17) is 5.84 Å². The summed E-state index contributed by atoms with van der Waals surface area (Å²) in [5.41, 5.74) is -0.388. The number of nitrogen functional groups attached to an aromatic ring is 1. The molecule has 0 aliphatic rings. The van der Waals surface area contributed by atoms with Crippen molar-refractivity contribution in [2.24, 2.45) is 0 Å². The van der Waals surface area contributed by atoms with Gasteiger partial charge in [0, 0.05) is 6.07 Å². The van der Waals surface area contributed by atoms with E-state index in [9.17, 15) is 26.7 Å². The third-order valence-electron chi connectivity index (χ3n) is 2.45. The second-order valence-corrected chi connectivity index (χ2v) is 5.08. The van der Waals surface area contributed by atoms with Crippen LogP contribution in [0.3, 0.4) is 0 Å². The Balaban J connectivity index is 2.00. The predicted octanol–water partition coefficient (Wildman–Crippen LogP) is 2.02. The zero-order valence-corrected chi connectivity index (χ0v) is 11.9. The number of amides is 1. The molecule has 0 atom stereocenters. The number of rotatable bonds is 4. The van der Waals surface area contributed by atoms with Crippen molar-refractivity contribution in [3.05, 3.63) is 35.7 Å². The molecule has 0 saturated carbocycles. The second-order valence-electron chi connectivity index (χ2n) is 4.13. The Morgan fingerprint density at radius 3 is 2.61 bits per heavy atom. The monoisotopic (exact) mass is 353 g/mol. The Morgan fingerprint density at radius 2 is 2.00 bits per heavy atom. The number of nitrogens with two attached hydrogens (primary N) is 1. The van der Waals surface area contributed by atoms with Crippen molar-refractivity contribution in [2.75, 3.05) is 16.9 Å². The summed E-state index contributed by atoms with van der Waals surface area (Å²) in [7, 11) is 0. The number of carbonyl (C=O) groups excluding carboxylic acids is 1. The molecule has 1 aromatic carbocycles. The molecule has 6 nitrogen and oxygen atoms in total. The molecule has 0 radical (unpaired) electrons. The van der Waals surface area contributed by atoms with Crippen molar-refractivity contribution in [1.29, 1.82) is 0 Å². The van der Waals surface area contributed by atoms with Gasteiger partial charge in [0.25, 0.3) is 5.82 Å². The van der Waals surface area contributed by atoms with Crippen molar-refractivity contribution >= 4 is 23.4 Å². The van der Waals surface area contributed by atoms with Crippen molar-refractivity contribution < 1.29 is 26.7 Å². The van der Waals surface area contributed by atoms with Gasteiger partial charge in [-0.15, -0.1) is 10.2 Å². The van der Waals surface area contributed by atoms with Gasteiger partial charge in [0.05, 0.1) is 11.4 Å². The van der Waals surface area contributed by atoms with E-state index in [1.54, 1.807) is 0 Å². The molecule has 3 N–H and O–H groups in total. The maximum Gasteiger partial charge on any atom is 0.453 e. The molecular weight excluding hydrogens is 345 g/mol. The van der Waals surface area contributed by atoms with Gasteiger partial charge in [-0.05, 0) is 12.1 Å². The first kappa shape index (κ1) is 17.0. The van der Waals surface area contributed by atoms with Gasteiger partial charge >= 0.3 is 6.18 Å². The van der Waals surface area contributed by atoms with Crippen molar-refractivity contribution in [3.8, 4) is 0 Å². The number of benzene rings is 1. The molecule has 0 aliphatic carbocycles. The summed E-state index contributed by atoms with van der Waals surface area (Å²) in [5, 5.41) is 7.81. The van der Waals surface area contributed by atoms with Crippen LogP contribution in [0.5, 0.6) is 0 Å². The number of carbonyl (C=O) groups is 1. The predicted molar refractivity (Wildman–Crippen MR) is 70.9 cm³/mol. The van der Waals surface area contributed by atoms with Gasteiger partial charge in [-0.3, -0.25) is 4.79 Å². The molecule has 23 heavy (non-hydrogen) atoms. The van der Waals surface area contributed by atoms with E-state index in [0.717, 1.165) is 18.2 Å². The standard InChI is InChI=1S/C11H8F5N5OS/c12-5-1-2-6(13)7(3-5)18-8(22)4-23-10-20-19-9(21(10)17)11(14,15)16/h1-3H,4,17H2,(H,18,22). The minimum atomic E-state index is -4.78. The van der Waals surface area contributed by atoms with Crippen molar-refractivity contribution in [3.63, 3.8) is 0 Å². The van der Waals surface area contributed by atoms with E-state index >= 15 is 0 Å².